The summed E-state index contributed by atoms with van der Waals surface area (Å²) in [6.07, 6.45) is 8.88. The van der Waals surface area contributed by atoms with Gasteiger partial charge in [0.05, 0.1) is 53.5 Å². The van der Waals surface area contributed by atoms with E-state index in [-0.39, 0.29) is 0 Å². The maximum absolute atomic E-state index is 6.42. The van der Waals surface area contributed by atoms with E-state index in [2.05, 4.69) is 75.5 Å². The second-order valence-corrected chi connectivity index (χ2v) is 10.6. The Balaban J connectivity index is 1.31. The van der Waals surface area contributed by atoms with Crippen LogP contribution >= 0.6 is 0 Å². The number of H-pyrrole nitrogens is 1. The van der Waals surface area contributed by atoms with Gasteiger partial charge in [-0.2, -0.15) is 15.3 Å². The molecule has 0 unspecified atom stereocenters. The Bertz CT molecular complexity index is 1460. The van der Waals surface area contributed by atoms with Crippen LogP contribution in [-0.4, -0.2) is 81.1 Å². The van der Waals surface area contributed by atoms with Gasteiger partial charge < -0.3 is 19.7 Å². The number of nitrogens with one attached hydrogen (secondary N) is 2. The second kappa shape index (κ2) is 10.3. The lowest BCUT2D eigenvalue weighted by Gasteiger charge is -2.37. The van der Waals surface area contributed by atoms with Crippen molar-refractivity contribution in [1.29, 1.82) is 0 Å². The van der Waals surface area contributed by atoms with Crippen LogP contribution in [-0.2, 0) is 7.05 Å². The van der Waals surface area contributed by atoms with Gasteiger partial charge in [-0.15, -0.1) is 0 Å². The minimum absolute atomic E-state index is 0.327. The first kappa shape index (κ1) is 24.7. The third-order valence-corrected chi connectivity index (χ3v) is 7.50. The van der Waals surface area contributed by atoms with Crippen molar-refractivity contribution in [1.82, 2.24) is 40.0 Å². The van der Waals surface area contributed by atoms with Gasteiger partial charge in [0.15, 0.2) is 0 Å². The first-order chi connectivity index (χ1) is 18.5. The molecule has 38 heavy (non-hydrogen) atoms. The Kier molecular flexibility index (Phi) is 6.67. The molecule has 6 rings (SSSR count). The number of ether oxygens (including phenoxy) is 2. The highest BCUT2D eigenvalue weighted by atomic mass is 16.5. The van der Waals surface area contributed by atoms with Crippen molar-refractivity contribution in [2.45, 2.75) is 38.3 Å². The van der Waals surface area contributed by atoms with Gasteiger partial charge in [0.2, 0.25) is 11.8 Å². The molecule has 1 fully saturated rings. The van der Waals surface area contributed by atoms with Crippen LogP contribution in [0.2, 0.25) is 0 Å². The second-order valence-electron chi connectivity index (χ2n) is 10.6. The average Bonchev–Trinajstić information content (AvgIpc) is 3.53. The van der Waals surface area contributed by atoms with Gasteiger partial charge >= 0.3 is 0 Å². The topological polar surface area (TPSA) is 98.1 Å². The molecule has 2 bridgehead atoms. The maximum Gasteiger partial charge on any atom is 0.219 e. The Morgan fingerprint density at radius 1 is 1.13 bits per heavy atom. The summed E-state index contributed by atoms with van der Waals surface area (Å²) in [5.74, 6) is 1.58. The third-order valence-electron chi connectivity index (χ3n) is 7.50. The molecule has 200 valence electrons. The van der Waals surface area contributed by atoms with Crippen LogP contribution < -0.4 is 14.8 Å². The van der Waals surface area contributed by atoms with E-state index in [1.807, 2.05) is 19.3 Å². The lowest BCUT2D eigenvalue weighted by Crippen LogP contribution is -2.44. The largest absolute Gasteiger partial charge is 0.477 e. The number of nitrogens with zero attached hydrogens (tertiary/aromatic N) is 6. The summed E-state index contributed by atoms with van der Waals surface area (Å²) in [5, 5.41) is 21.8. The molecular weight excluding hydrogens is 480 g/mol. The summed E-state index contributed by atoms with van der Waals surface area (Å²) in [7, 11) is 6.11. The highest BCUT2D eigenvalue weighted by Crippen LogP contribution is 2.38. The monoisotopic (exact) mass is 516 g/mol. The van der Waals surface area contributed by atoms with Gasteiger partial charge in [0.25, 0.3) is 0 Å². The summed E-state index contributed by atoms with van der Waals surface area (Å²) >= 11 is 0. The number of likely N-dealkylation sites (N-methyl/N-ethyl adjacent to an activating group) is 1. The van der Waals surface area contributed by atoms with Crippen LogP contribution in [0.4, 0.5) is 0 Å². The number of aryl methyl sites for hydroxylation is 2. The fourth-order valence-corrected chi connectivity index (χ4v) is 5.25. The predicted molar refractivity (Wildman–Crippen MR) is 148 cm³/mol. The molecule has 10 nitrogen and oxygen atoms in total. The van der Waals surface area contributed by atoms with Gasteiger partial charge in [-0.3, -0.25) is 5.10 Å². The predicted octanol–water partition coefficient (Wildman–Crippen LogP) is 3.65. The highest BCUT2D eigenvalue weighted by molar-refractivity contribution is 5.93. The summed E-state index contributed by atoms with van der Waals surface area (Å²) < 4.78 is 16.5. The molecule has 4 heterocycles. The minimum Gasteiger partial charge on any atom is -0.477 e. The maximum atomic E-state index is 6.42. The van der Waals surface area contributed by atoms with E-state index < -0.39 is 0 Å². The molecule has 10 heteroatoms. The van der Waals surface area contributed by atoms with E-state index in [4.69, 9.17) is 14.6 Å². The van der Waals surface area contributed by atoms with Crippen molar-refractivity contribution in [2.75, 3.05) is 40.4 Å². The lowest BCUT2D eigenvalue weighted by atomic mass is 9.87. The fraction of sp³-hybridized carbons (Fsp3) is 0.464. The molecule has 1 aromatic carbocycles. The smallest absolute Gasteiger partial charge is 0.219 e. The molecule has 0 radical (unpaired) electrons. The minimum atomic E-state index is 0.327. The van der Waals surface area contributed by atoms with Crippen LogP contribution in [0.5, 0.6) is 11.8 Å². The van der Waals surface area contributed by atoms with E-state index in [1.54, 1.807) is 4.68 Å². The molecule has 1 aliphatic carbocycles. The van der Waals surface area contributed by atoms with Crippen molar-refractivity contribution in [2.24, 2.45) is 7.05 Å². The molecule has 2 aliphatic rings. The SMILES string of the molecule is Cc1nn(C2CC(NCCN(C)C)C2)c2c1/C=C/c1[nH]nc3ccc(cc13)-c1cnn(C)c1OCCCO2. The molecule has 2 N–H and O–H groups in total. The molecule has 0 amide bonds. The quantitative estimate of drug-likeness (QED) is 0.418. The Labute approximate surface area is 222 Å². The third kappa shape index (κ3) is 4.69. The number of aromatic amines is 1. The zero-order valence-electron chi connectivity index (χ0n) is 22.6. The number of rotatable bonds is 5. The molecular formula is C28H36N8O2. The summed E-state index contributed by atoms with van der Waals surface area (Å²) in [6.45, 7) is 5.16. The fourth-order valence-electron chi connectivity index (χ4n) is 5.25. The number of fused-ring (bicyclic) bond motifs is 4. The van der Waals surface area contributed by atoms with Crippen LogP contribution in [0.25, 0.3) is 34.2 Å². The first-order valence-corrected chi connectivity index (χ1v) is 13.4. The van der Waals surface area contributed by atoms with Gasteiger partial charge in [0, 0.05) is 38.0 Å². The summed E-state index contributed by atoms with van der Waals surface area (Å²) in [4.78, 5) is 2.20. The van der Waals surface area contributed by atoms with E-state index in [0.29, 0.717) is 25.3 Å². The van der Waals surface area contributed by atoms with Crippen molar-refractivity contribution in [3.05, 3.63) is 41.3 Å². The molecule has 1 aliphatic heterocycles. The number of aromatic nitrogens is 6. The number of hydrogen-bond donors (Lipinski definition) is 2. The van der Waals surface area contributed by atoms with Gasteiger partial charge in [-0.1, -0.05) is 6.07 Å². The Morgan fingerprint density at radius 3 is 2.76 bits per heavy atom. The Hall–Kier alpha value is -3.63. The number of hydrogen-bond acceptors (Lipinski definition) is 7. The van der Waals surface area contributed by atoms with Crippen LogP contribution in [0.15, 0.2) is 24.4 Å². The normalized spacial score (nSPS) is 20.2. The van der Waals surface area contributed by atoms with Crippen molar-refractivity contribution < 1.29 is 9.47 Å². The van der Waals surface area contributed by atoms with Gasteiger partial charge in [-0.25, -0.2) is 9.36 Å². The molecule has 0 atom stereocenters. The highest BCUT2D eigenvalue weighted by Gasteiger charge is 2.33. The summed E-state index contributed by atoms with van der Waals surface area (Å²) in [5.41, 5.74) is 5.84. The Morgan fingerprint density at radius 2 is 1.95 bits per heavy atom. The van der Waals surface area contributed by atoms with Crippen LogP contribution in [0, 0.1) is 6.92 Å². The summed E-state index contributed by atoms with van der Waals surface area (Å²) in [6, 6.07) is 7.09. The zero-order valence-corrected chi connectivity index (χ0v) is 22.6. The van der Waals surface area contributed by atoms with Crippen LogP contribution in [0.3, 0.4) is 0 Å². The zero-order chi connectivity index (χ0) is 26.2. The first-order valence-electron chi connectivity index (χ1n) is 13.4. The molecule has 0 spiro atoms. The average molecular weight is 517 g/mol. The van der Waals surface area contributed by atoms with Gasteiger partial charge in [-0.05, 0) is 63.7 Å². The van der Waals surface area contributed by atoms with Crippen molar-refractivity contribution in [3.8, 4) is 22.9 Å². The number of benzene rings is 1. The standard InChI is InChI=1S/C28H36N8O2/c1-18-22-7-9-26-23-14-19(6-8-25(23)31-32-26)24-17-30-35(4)27(24)37-12-5-13-38-28(22)36(33-18)21-15-20(16-21)29-10-11-34(2)3/h6-9,14,17,20-21,29H,5,10-13,15-16H2,1-4H3,(H,31,32)/b9-7+. The van der Waals surface area contributed by atoms with Gasteiger partial charge in [0.1, 0.15) is 0 Å². The van der Waals surface area contributed by atoms with E-state index in [9.17, 15) is 0 Å². The molecule has 4 aromatic rings. The van der Waals surface area contributed by atoms with E-state index in [1.165, 1.54) is 0 Å². The molecule has 1 saturated carbocycles. The molecule has 0 saturated heterocycles. The van der Waals surface area contributed by atoms with E-state index in [0.717, 1.165) is 83.1 Å². The van der Waals surface area contributed by atoms with Crippen molar-refractivity contribution >= 4 is 23.1 Å². The van der Waals surface area contributed by atoms with E-state index >= 15 is 0 Å². The van der Waals surface area contributed by atoms with Crippen molar-refractivity contribution in [3.63, 3.8) is 0 Å². The van der Waals surface area contributed by atoms with Crippen LogP contribution in [0.1, 0.15) is 42.3 Å². The lowest BCUT2D eigenvalue weighted by molar-refractivity contribution is 0.173. The molecule has 3 aromatic heterocycles.